The highest BCUT2D eigenvalue weighted by molar-refractivity contribution is 5.57. The first-order valence-electron chi connectivity index (χ1n) is 8.64. The van der Waals surface area contributed by atoms with E-state index in [1.165, 1.54) is 12.1 Å². The number of nitriles is 1. The van der Waals surface area contributed by atoms with Crippen molar-refractivity contribution in [3.8, 4) is 6.07 Å². The maximum atomic E-state index is 13.2. The van der Waals surface area contributed by atoms with Gasteiger partial charge in [0, 0.05) is 6.54 Å². The Morgan fingerprint density at radius 3 is 2.76 bits per heavy atom. The Balaban J connectivity index is 1.47. The SMILES string of the molecule is Cc1nc(CN2CCC(CNc3ccc(F)cc3C#N)CC2)oc1C. The van der Waals surface area contributed by atoms with E-state index in [1.807, 2.05) is 19.9 Å². The quantitative estimate of drug-likeness (QED) is 0.899. The van der Waals surface area contributed by atoms with Crippen LogP contribution in [0.25, 0.3) is 0 Å². The summed E-state index contributed by atoms with van der Waals surface area (Å²) in [6.07, 6.45) is 2.16. The molecule has 2 heterocycles. The van der Waals surface area contributed by atoms with E-state index in [4.69, 9.17) is 9.68 Å². The molecular formula is C19H23FN4O. The second kappa shape index (κ2) is 7.66. The summed E-state index contributed by atoms with van der Waals surface area (Å²) >= 11 is 0. The zero-order valence-electron chi connectivity index (χ0n) is 14.7. The number of hydrogen-bond acceptors (Lipinski definition) is 5. The minimum atomic E-state index is -0.382. The average molecular weight is 342 g/mol. The molecule has 0 saturated carbocycles. The summed E-state index contributed by atoms with van der Waals surface area (Å²) in [7, 11) is 0. The van der Waals surface area contributed by atoms with E-state index in [-0.39, 0.29) is 5.82 Å². The van der Waals surface area contributed by atoms with Crippen LogP contribution in [0.15, 0.2) is 22.6 Å². The monoisotopic (exact) mass is 342 g/mol. The van der Waals surface area contributed by atoms with Crippen LogP contribution in [-0.2, 0) is 6.54 Å². The number of aryl methyl sites for hydroxylation is 2. The van der Waals surface area contributed by atoms with Crippen LogP contribution in [-0.4, -0.2) is 29.5 Å². The van der Waals surface area contributed by atoms with Gasteiger partial charge in [-0.25, -0.2) is 9.37 Å². The third-order valence-corrected chi connectivity index (χ3v) is 4.82. The molecule has 0 unspecified atom stereocenters. The van der Waals surface area contributed by atoms with Crippen molar-refractivity contribution >= 4 is 5.69 Å². The van der Waals surface area contributed by atoms with Crippen LogP contribution in [0.5, 0.6) is 0 Å². The van der Waals surface area contributed by atoms with Crippen molar-refractivity contribution in [3.63, 3.8) is 0 Å². The Kier molecular flexibility index (Phi) is 5.34. The molecule has 1 fully saturated rings. The summed E-state index contributed by atoms with van der Waals surface area (Å²) in [6, 6.07) is 6.32. The Morgan fingerprint density at radius 2 is 2.12 bits per heavy atom. The minimum absolute atomic E-state index is 0.354. The number of benzene rings is 1. The molecule has 1 aliphatic rings. The summed E-state index contributed by atoms with van der Waals surface area (Å²) in [5.41, 5.74) is 2.02. The second-order valence-electron chi connectivity index (χ2n) is 6.65. The molecule has 1 N–H and O–H groups in total. The molecular weight excluding hydrogens is 319 g/mol. The van der Waals surface area contributed by atoms with Gasteiger partial charge in [-0.15, -0.1) is 0 Å². The van der Waals surface area contributed by atoms with Crippen LogP contribution in [0, 0.1) is 36.9 Å². The van der Waals surface area contributed by atoms with Crippen molar-refractivity contribution in [2.45, 2.75) is 33.2 Å². The summed E-state index contributed by atoms with van der Waals surface area (Å²) in [5.74, 6) is 1.84. The van der Waals surface area contributed by atoms with Crippen molar-refractivity contribution in [2.75, 3.05) is 25.0 Å². The van der Waals surface area contributed by atoms with E-state index in [9.17, 15) is 4.39 Å². The lowest BCUT2D eigenvalue weighted by atomic mass is 9.96. The van der Waals surface area contributed by atoms with Gasteiger partial charge < -0.3 is 9.73 Å². The molecule has 1 saturated heterocycles. The van der Waals surface area contributed by atoms with Gasteiger partial charge >= 0.3 is 0 Å². The lowest BCUT2D eigenvalue weighted by molar-refractivity contribution is 0.167. The van der Waals surface area contributed by atoms with Crippen LogP contribution >= 0.6 is 0 Å². The van der Waals surface area contributed by atoms with Crippen molar-refractivity contribution in [1.82, 2.24) is 9.88 Å². The van der Waals surface area contributed by atoms with Gasteiger partial charge in [-0.2, -0.15) is 5.26 Å². The van der Waals surface area contributed by atoms with Crippen molar-refractivity contribution < 1.29 is 8.81 Å². The fourth-order valence-electron chi connectivity index (χ4n) is 3.16. The number of hydrogen-bond donors (Lipinski definition) is 1. The van der Waals surface area contributed by atoms with E-state index in [0.717, 1.165) is 56.4 Å². The highest BCUT2D eigenvalue weighted by atomic mass is 19.1. The number of likely N-dealkylation sites (tertiary alicyclic amines) is 1. The smallest absolute Gasteiger partial charge is 0.208 e. The maximum absolute atomic E-state index is 13.2. The second-order valence-corrected chi connectivity index (χ2v) is 6.65. The van der Waals surface area contributed by atoms with Crippen molar-refractivity contribution in [2.24, 2.45) is 5.92 Å². The first-order valence-corrected chi connectivity index (χ1v) is 8.64. The molecule has 5 nitrogen and oxygen atoms in total. The van der Waals surface area contributed by atoms with Gasteiger partial charge in [0.15, 0.2) is 0 Å². The Hall–Kier alpha value is -2.39. The number of anilines is 1. The minimum Gasteiger partial charge on any atom is -0.444 e. The van der Waals surface area contributed by atoms with Crippen LogP contribution in [0.4, 0.5) is 10.1 Å². The summed E-state index contributed by atoms with van der Waals surface area (Å²) in [4.78, 5) is 6.80. The molecule has 0 bridgehead atoms. The lowest BCUT2D eigenvalue weighted by Gasteiger charge is -2.31. The first-order chi connectivity index (χ1) is 12.0. The molecule has 0 radical (unpaired) electrons. The standard InChI is InChI=1S/C19H23FN4O/c1-13-14(2)25-19(23-13)12-24-7-5-15(6-8-24)11-22-18-4-3-17(20)9-16(18)10-21/h3-4,9,15,22H,5-8,11-12H2,1-2H3. The first kappa shape index (κ1) is 17.4. The zero-order valence-corrected chi connectivity index (χ0v) is 14.7. The van der Waals surface area contributed by atoms with E-state index < -0.39 is 0 Å². The molecule has 0 aliphatic carbocycles. The van der Waals surface area contributed by atoms with Crippen molar-refractivity contribution in [1.29, 1.82) is 5.26 Å². The molecule has 6 heteroatoms. The topological polar surface area (TPSA) is 65.1 Å². The number of piperidine rings is 1. The third-order valence-electron chi connectivity index (χ3n) is 4.82. The molecule has 0 amide bonds. The number of aromatic nitrogens is 1. The van der Waals surface area contributed by atoms with E-state index in [2.05, 4.69) is 15.2 Å². The lowest BCUT2D eigenvalue weighted by Crippen LogP contribution is -2.35. The van der Waals surface area contributed by atoms with Gasteiger partial charge in [0.1, 0.15) is 17.6 Å². The van der Waals surface area contributed by atoms with Gasteiger partial charge in [-0.05, 0) is 63.9 Å². The number of oxazole rings is 1. The summed E-state index contributed by atoms with van der Waals surface area (Å²) < 4.78 is 18.8. The number of rotatable bonds is 5. The third kappa shape index (κ3) is 4.37. The molecule has 1 aromatic carbocycles. The molecule has 0 spiro atoms. The number of nitrogens with one attached hydrogen (secondary N) is 1. The summed E-state index contributed by atoms with van der Waals surface area (Å²) in [6.45, 7) is 7.46. The fraction of sp³-hybridized carbons (Fsp3) is 0.474. The molecule has 2 aromatic rings. The molecule has 1 aromatic heterocycles. The van der Waals surface area contributed by atoms with E-state index in [0.29, 0.717) is 17.2 Å². The molecule has 3 rings (SSSR count). The summed E-state index contributed by atoms with van der Waals surface area (Å²) in [5, 5.41) is 12.4. The Labute approximate surface area is 147 Å². The normalized spacial score (nSPS) is 15.9. The van der Waals surface area contributed by atoms with Crippen molar-refractivity contribution in [3.05, 3.63) is 46.9 Å². The van der Waals surface area contributed by atoms with Crippen LogP contribution < -0.4 is 5.32 Å². The van der Waals surface area contributed by atoms with Gasteiger partial charge in [0.2, 0.25) is 5.89 Å². The predicted octanol–water partition coefficient (Wildman–Crippen LogP) is 3.63. The Morgan fingerprint density at radius 1 is 1.36 bits per heavy atom. The average Bonchev–Trinajstić information content (AvgIpc) is 2.92. The molecule has 25 heavy (non-hydrogen) atoms. The highest BCUT2D eigenvalue weighted by Crippen LogP contribution is 2.22. The highest BCUT2D eigenvalue weighted by Gasteiger charge is 2.21. The van der Waals surface area contributed by atoms with Gasteiger partial charge in [0.05, 0.1) is 23.5 Å². The van der Waals surface area contributed by atoms with Gasteiger partial charge in [-0.1, -0.05) is 0 Å². The van der Waals surface area contributed by atoms with Gasteiger partial charge in [-0.3, -0.25) is 4.90 Å². The van der Waals surface area contributed by atoms with E-state index >= 15 is 0 Å². The van der Waals surface area contributed by atoms with Crippen LogP contribution in [0.3, 0.4) is 0 Å². The predicted molar refractivity (Wildman–Crippen MR) is 93.6 cm³/mol. The number of nitrogens with zero attached hydrogens (tertiary/aromatic N) is 3. The van der Waals surface area contributed by atoms with Gasteiger partial charge in [0.25, 0.3) is 0 Å². The molecule has 0 atom stereocenters. The van der Waals surface area contributed by atoms with E-state index in [1.54, 1.807) is 6.07 Å². The molecule has 1 aliphatic heterocycles. The van der Waals surface area contributed by atoms with Crippen LogP contribution in [0.2, 0.25) is 0 Å². The fourth-order valence-corrected chi connectivity index (χ4v) is 3.16. The molecule has 132 valence electrons. The van der Waals surface area contributed by atoms with Crippen LogP contribution in [0.1, 0.15) is 35.7 Å². The Bertz CT molecular complexity index is 753. The maximum Gasteiger partial charge on any atom is 0.208 e. The zero-order chi connectivity index (χ0) is 17.8. The number of halogens is 1. The largest absolute Gasteiger partial charge is 0.444 e.